The molecule has 0 radical (unpaired) electrons. The first-order valence-corrected chi connectivity index (χ1v) is 11.8. The van der Waals surface area contributed by atoms with Crippen LogP contribution in [-0.2, 0) is 10.1 Å². The van der Waals surface area contributed by atoms with Crippen LogP contribution in [0.5, 0.6) is 11.5 Å². The normalized spacial score (nSPS) is 11.5. The van der Waals surface area contributed by atoms with Crippen molar-refractivity contribution in [1.82, 2.24) is 5.43 Å². The molecule has 0 aromatic heterocycles. The highest BCUT2D eigenvalue weighted by molar-refractivity contribution is 7.87. The molecule has 0 spiro atoms. The summed E-state index contributed by atoms with van der Waals surface area (Å²) in [6, 6.07) is 23.9. The summed E-state index contributed by atoms with van der Waals surface area (Å²) < 4.78 is 35.9. The van der Waals surface area contributed by atoms with Gasteiger partial charge in [-0.3, -0.25) is 4.79 Å². The molecule has 0 aliphatic rings. The fraction of sp³-hybridized carbons (Fsp3) is 0.0769. The third kappa shape index (κ3) is 5.24. The smallest absolute Gasteiger partial charge is 0.339 e. The van der Waals surface area contributed by atoms with E-state index < -0.39 is 16.0 Å². The van der Waals surface area contributed by atoms with Crippen LogP contribution in [0.2, 0.25) is 0 Å². The van der Waals surface area contributed by atoms with Gasteiger partial charge in [-0.15, -0.1) is 0 Å². The molecular formula is C26H22N2O5S. The molecule has 172 valence electrons. The summed E-state index contributed by atoms with van der Waals surface area (Å²) in [7, 11) is -2.49. The molecule has 8 heteroatoms. The van der Waals surface area contributed by atoms with Gasteiger partial charge < -0.3 is 8.92 Å². The number of ether oxygens (including phenoxy) is 1. The van der Waals surface area contributed by atoms with Crippen LogP contribution in [0.1, 0.15) is 21.5 Å². The topological polar surface area (TPSA) is 94.1 Å². The van der Waals surface area contributed by atoms with E-state index in [1.807, 2.05) is 37.3 Å². The summed E-state index contributed by atoms with van der Waals surface area (Å²) in [6.45, 7) is 1.91. The van der Waals surface area contributed by atoms with E-state index in [1.54, 1.807) is 36.4 Å². The SMILES string of the molecule is COc1cc(C)ccc1C(=O)N/N=C\c1ccc(OS(=O)(=O)c2ccc3ccccc3c2)cc1. The molecule has 0 bridgehead atoms. The molecule has 4 aromatic carbocycles. The second-order valence-electron chi connectivity index (χ2n) is 7.52. The first-order chi connectivity index (χ1) is 16.4. The lowest BCUT2D eigenvalue weighted by Gasteiger charge is -2.08. The molecule has 0 aliphatic heterocycles. The molecule has 34 heavy (non-hydrogen) atoms. The van der Waals surface area contributed by atoms with Crippen molar-refractivity contribution in [2.45, 2.75) is 11.8 Å². The van der Waals surface area contributed by atoms with Crippen molar-refractivity contribution in [3.05, 3.63) is 102 Å². The van der Waals surface area contributed by atoms with Crippen LogP contribution >= 0.6 is 0 Å². The maximum absolute atomic E-state index is 12.7. The maximum Gasteiger partial charge on any atom is 0.339 e. The zero-order valence-corrected chi connectivity index (χ0v) is 19.4. The minimum absolute atomic E-state index is 0.0751. The quantitative estimate of drug-likeness (QED) is 0.238. The van der Waals surface area contributed by atoms with Gasteiger partial charge in [-0.05, 0) is 77.4 Å². The number of carbonyl (C=O) groups excluding carboxylic acids is 1. The van der Waals surface area contributed by atoms with Crippen molar-refractivity contribution in [2.75, 3.05) is 7.11 Å². The second kappa shape index (κ2) is 9.76. The Bertz CT molecular complexity index is 1480. The fourth-order valence-electron chi connectivity index (χ4n) is 3.32. The molecular weight excluding hydrogens is 452 g/mol. The Morgan fingerprint density at radius 3 is 2.38 bits per heavy atom. The van der Waals surface area contributed by atoms with Gasteiger partial charge in [0.1, 0.15) is 16.4 Å². The van der Waals surface area contributed by atoms with Gasteiger partial charge in [0.05, 0.1) is 18.9 Å². The number of methoxy groups -OCH3 is 1. The number of amides is 1. The Labute approximate surface area is 197 Å². The largest absolute Gasteiger partial charge is 0.496 e. The van der Waals surface area contributed by atoms with Gasteiger partial charge >= 0.3 is 10.1 Å². The summed E-state index contributed by atoms with van der Waals surface area (Å²) in [4.78, 5) is 12.4. The van der Waals surface area contributed by atoms with E-state index >= 15 is 0 Å². The minimum atomic E-state index is -3.99. The van der Waals surface area contributed by atoms with Crippen LogP contribution in [0.4, 0.5) is 0 Å². The van der Waals surface area contributed by atoms with Crippen molar-refractivity contribution < 1.29 is 22.1 Å². The first-order valence-electron chi connectivity index (χ1n) is 10.4. The predicted octanol–water partition coefficient (Wildman–Crippen LogP) is 4.69. The molecule has 4 rings (SSSR count). The molecule has 1 amide bonds. The number of carbonyl (C=O) groups is 1. The van der Waals surface area contributed by atoms with E-state index in [1.165, 1.54) is 31.5 Å². The number of hydrogen-bond donors (Lipinski definition) is 1. The average Bonchev–Trinajstić information content (AvgIpc) is 2.84. The van der Waals surface area contributed by atoms with Crippen molar-refractivity contribution in [3.8, 4) is 11.5 Å². The standard InChI is InChI=1S/C26H22N2O5S/c1-18-7-14-24(25(15-18)32-2)26(29)28-27-17-19-8-11-22(12-9-19)33-34(30,31)23-13-10-20-5-3-4-6-21(20)16-23/h3-17H,1-2H3,(H,28,29)/b27-17-. The molecule has 1 N–H and O–H groups in total. The highest BCUT2D eigenvalue weighted by Gasteiger charge is 2.17. The van der Waals surface area contributed by atoms with E-state index in [2.05, 4.69) is 10.5 Å². The van der Waals surface area contributed by atoms with Crippen LogP contribution in [0, 0.1) is 6.92 Å². The molecule has 0 aliphatic carbocycles. The molecule has 0 unspecified atom stereocenters. The third-order valence-corrected chi connectivity index (χ3v) is 6.32. The van der Waals surface area contributed by atoms with Crippen LogP contribution in [0.3, 0.4) is 0 Å². The second-order valence-corrected chi connectivity index (χ2v) is 9.06. The average molecular weight is 475 g/mol. The van der Waals surface area contributed by atoms with Gasteiger partial charge in [0.15, 0.2) is 0 Å². The summed E-state index contributed by atoms with van der Waals surface area (Å²) in [6.07, 6.45) is 1.44. The number of nitrogens with zero attached hydrogens (tertiary/aromatic N) is 1. The van der Waals surface area contributed by atoms with Gasteiger partial charge in [0, 0.05) is 0 Å². The molecule has 7 nitrogen and oxygen atoms in total. The molecule has 0 saturated heterocycles. The zero-order valence-electron chi connectivity index (χ0n) is 18.6. The van der Waals surface area contributed by atoms with E-state index in [9.17, 15) is 13.2 Å². The Morgan fingerprint density at radius 1 is 0.912 bits per heavy atom. The number of aryl methyl sites for hydroxylation is 1. The third-order valence-electron chi connectivity index (χ3n) is 5.08. The number of hydrogen-bond acceptors (Lipinski definition) is 6. The minimum Gasteiger partial charge on any atom is -0.496 e. The van der Waals surface area contributed by atoms with Crippen molar-refractivity contribution >= 4 is 33.0 Å². The van der Waals surface area contributed by atoms with Crippen LogP contribution in [-0.4, -0.2) is 27.6 Å². The lowest BCUT2D eigenvalue weighted by molar-refractivity contribution is 0.0952. The number of fused-ring (bicyclic) bond motifs is 1. The Balaban J connectivity index is 1.41. The van der Waals surface area contributed by atoms with E-state index in [0.29, 0.717) is 16.9 Å². The van der Waals surface area contributed by atoms with E-state index in [4.69, 9.17) is 8.92 Å². The lowest BCUT2D eigenvalue weighted by atomic mass is 10.1. The first kappa shape index (κ1) is 23.0. The summed E-state index contributed by atoms with van der Waals surface area (Å²) in [5.41, 5.74) is 4.44. The summed E-state index contributed by atoms with van der Waals surface area (Å²) >= 11 is 0. The van der Waals surface area contributed by atoms with Crippen molar-refractivity contribution in [3.63, 3.8) is 0 Å². The number of rotatable bonds is 7. The van der Waals surface area contributed by atoms with Gasteiger partial charge in [-0.2, -0.15) is 13.5 Å². The number of hydrazone groups is 1. The Morgan fingerprint density at radius 2 is 1.65 bits per heavy atom. The van der Waals surface area contributed by atoms with E-state index in [0.717, 1.165) is 16.3 Å². The molecule has 4 aromatic rings. The highest BCUT2D eigenvalue weighted by Crippen LogP contribution is 2.23. The van der Waals surface area contributed by atoms with Crippen molar-refractivity contribution in [2.24, 2.45) is 5.10 Å². The Kier molecular flexibility index (Phi) is 6.60. The van der Waals surface area contributed by atoms with Crippen LogP contribution in [0.15, 0.2) is 94.9 Å². The maximum atomic E-state index is 12.7. The summed E-state index contributed by atoms with van der Waals surface area (Å²) in [5, 5.41) is 5.71. The predicted molar refractivity (Wildman–Crippen MR) is 131 cm³/mol. The van der Waals surface area contributed by atoms with Crippen molar-refractivity contribution in [1.29, 1.82) is 0 Å². The van der Waals surface area contributed by atoms with Gasteiger partial charge in [0.25, 0.3) is 5.91 Å². The number of nitrogens with one attached hydrogen (secondary N) is 1. The van der Waals surface area contributed by atoms with Gasteiger partial charge in [0.2, 0.25) is 0 Å². The zero-order chi connectivity index (χ0) is 24.1. The molecule has 0 saturated carbocycles. The fourth-order valence-corrected chi connectivity index (χ4v) is 4.29. The van der Waals surface area contributed by atoms with E-state index in [-0.39, 0.29) is 10.6 Å². The highest BCUT2D eigenvalue weighted by atomic mass is 32.2. The molecule has 0 fully saturated rings. The van der Waals surface area contributed by atoms with Gasteiger partial charge in [-0.25, -0.2) is 5.43 Å². The van der Waals surface area contributed by atoms with Gasteiger partial charge in [-0.1, -0.05) is 36.4 Å². The van der Waals surface area contributed by atoms with Crippen LogP contribution in [0.25, 0.3) is 10.8 Å². The molecule has 0 atom stereocenters. The lowest BCUT2D eigenvalue weighted by Crippen LogP contribution is -2.18. The molecule has 0 heterocycles. The summed E-state index contributed by atoms with van der Waals surface area (Å²) in [5.74, 6) is 0.218. The Hall–Kier alpha value is -4.17. The van der Waals surface area contributed by atoms with Crippen LogP contribution < -0.4 is 14.3 Å². The number of benzene rings is 4. The monoisotopic (exact) mass is 474 g/mol.